The first-order valence-corrected chi connectivity index (χ1v) is 9.27. The number of rotatable bonds is 7. The summed E-state index contributed by atoms with van der Waals surface area (Å²) in [6, 6.07) is 14.1. The van der Waals surface area contributed by atoms with Gasteiger partial charge >= 0.3 is 0 Å². The van der Waals surface area contributed by atoms with Gasteiger partial charge in [0.2, 0.25) is 11.8 Å². The molecule has 1 heterocycles. The number of halogens is 1. The first-order valence-electron chi connectivity index (χ1n) is 9.27. The van der Waals surface area contributed by atoms with Crippen molar-refractivity contribution in [2.45, 2.75) is 25.7 Å². The van der Waals surface area contributed by atoms with E-state index in [4.69, 9.17) is 0 Å². The van der Waals surface area contributed by atoms with Crippen LogP contribution in [0.4, 0.5) is 15.8 Å². The molecule has 2 aromatic carbocycles. The third kappa shape index (κ3) is 5.54. The van der Waals surface area contributed by atoms with Crippen molar-refractivity contribution in [3.63, 3.8) is 0 Å². The van der Waals surface area contributed by atoms with Gasteiger partial charge in [0.1, 0.15) is 12.2 Å². The van der Waals surface area contributed by atoms with Crippen LogP contribution in [0.5, 0.6) is 0 Å². The summed E-state index contributed by atoms with van der Waals surface area (Å²) in [5.74, 6) is -1.04. The van der Waals surface area contributed by atoms with Crippen LogP contribution in [0.15, 0.2) is 48.5 Å². The SMILES string of the molecule is O=C(CC(=O)Nc1ccc(N2CCCC2)cc1)NCCc1ccccc1F. The molecule has 2 amide bonds. The van der Waals surface area contributed by atoms with Crippen LogP contribution in [0.3, 0.4) is 0 Å². The Morgan fingerprint density at radius 2 is 1.67 bits per heavy atom. The topological polar surface area (TPSA) is 61.4 Å². The molecule has 0 atom stereocenters. The van der Waals surface area contributed by atoms with Crippen molar-refractivity contribution in [2.24, 2.45) is 0 Å². The van der Waals surface area contributed by atoms with Crippen molar-refractivity contribution in [2.75, 3.05) is 29.9 Å². The van der Waals surface area contributed by atoms with Crippen LogP contribution >= 0.6 is 0 Å². The molecule has 0 bridgehead atoms. The average Bonchev–Trinajstić information content (AvgIpc) is 3.18. The van der Waals surface area contributed by atoms with Gasteiger partial charge in [-0.05, 0) is 55.2 Å². The molecule has 3 rings (SSSR count). The molecule has 142 valence electrons. The first kappa shape index (κ1) is 18.9. The van der Waals surface area contributed by atoms with Crippen LogP contribution < -0.4 is 15.5 Å². The van der Waals surface area contributed by atoms with E-state index in [1.54, 1.807) is 18.2 Å². The average molecular weight is 369 g/mol. The fourth-order valence-corrected chi connectivity index (χ4v) is 3.18. The Morgan fingerprint density at radius 1 is 0.963 bits per heavy atom. The number of nitrogens with one attached hydrogen (secondary N) is 2. The lowest BCUT2D eigenvalue weighted by Crippen LogP contribution is -2.29. The van der Waals surface area contributed by atoms with Crippen molar-refractivity contribution in [3.05, 3.63) is 59.9 Å². The zero-order valence-corrected chi connectivity index (χ0v) is 15.2. The first-order chi connectivity index (χ1) is 13.1. The molecule has 5 nitrogen and oxygen atoms in total. The van der Waals surface area contributed by atoms with E-state index in [9.17, 15) is 14.0 Å². The third-order valence-corrected chi connectivity index (χ3v) is 4.62. The predicted octanol–water partition coefficient (Wildman–Crippen LogP) is 3.11. The summed E-state index contributed by atoms with van der Waals surface area (Å²) < 4.78 is 13.5. The van der Waals surface area contributed by atoms with Gasteiger partial charge in [0, 0.05) is 31.0 Å². The van der Waals surface area contributed by atoms with Crippen LogP contribution in [-0.2, 0) is 16.0 Å². The fraction of sp³-hybridized carbons (Fsp3) is 0.333. The van der Waals surface area contributed by atoms with E-state index in [1.807, 2.05) is 24.3 Å². The molecule has 1 saturated heterocycles. The van der Waals surface area contributed by atoms with Crippen molar-refractivity contribution < 1.29 is 14.0 Å². The van der Waals surface area contributed by atoms with E-state index in [-0.39, 0.29) is 30.6 Å². The van der Waals surface area contributed by atoms with Crippen LogP contribution in [0.2, 0.25) is 0 Å². The largest absolute Gasteiger partial charge is 0.372 e. The van der Waals surface area contributed by atoms with Gasteiger partial charge < -0.3 is 15.5 Å². The maximum Gasteiger partial charge on any atom is 0.233 e. The highest BCUT2D eigenvalue weighted by Gasteiger charge is 2.13. The minimum Gasteiger partial charge on any atom is -0.372 e. The summed E-state index contributed by atoms with van der Waals surface area (Å²) in [6.07, 6.45) is 2.55. The van der Waals surface area contributed by atoms with E-state index in [0.717, 1.165) is 18.8 Å². The zero-order chi connectivity index (χ0) is 19.1. The highest BCUT2D eigenvalue weighted by Crippen LogP contribution is 2.22. The summed E-state index contributed by atoms with van der Waals surface area (Å²) in [6.45, 7) is 2.43. The molecule has 1 aliphatic rings. The van der Waals surface area contributed by atoms with Gasteiger partial charge in [-0.25, -0.2) is 4.39 Å². The molecule has 27 heavy (non-hydrogen) atoms. The molecule has 0 spiro atoms. The van der Waals surface area contributed by atoms with Crippen molar-refractivity contribution in [3.8, 4) is 0 Å². The molecule has 0 radical (unpaired) electrons. The summed E-state index contributed by atoms with van der Waals surface area (Å²) >= 11 is 0. The van der Waals surface area contributed by atoms with Gasteiger partial charge in [-0.15, -0.1) is 0 Å². The standard InChI is InChI=1S/C21H24FN3O2/c22-19-6-2-1-5-16(19)11-12-23-20(26)15-21(27)24-17-7-9-18(10-8-17)25-13-3-4-14-25/h1-2,5-10H,3-4,11-15H2,(H,23,26)(H,24,27). The lowest BCUT2D eigenvalue weighted by atomic mass is 10.1. The monoisotopic (exact) mass is 369 g/mol. The number of carbonyl (C=O) groups is 2. The number of nitrogens with zero attached hydrogens (tertiary/aromatic N) is 1. The van der Waals surface area contributed by atoms with E-state index >= 15 is 0 Å². The second kappa shape index (κ2) is 9.16. The summed E-state index contributed by atoms with van der Waals surface area (Å²) in [5.41, 5.74) is 2.36. The van der Waals surface area contributed by atoms with E-state index in [2.05, 4.69) is 15.5 Å². The number of amides is 2. The van der Waals surface area contributed by atoms with Crippen LogP contribution in [-0.4, -0.2) is 31.4 Å². The van der Waals surface area contributed by atoms with Crippen molar-refractivity contribution in [1.29, 1.82) is 0 Å². The maximum absolute atomic E-state index is 13.5. The minimum atomic E-state index is -0.377. The Morgan fingerprint density at radius 3 is 2.37 bits per heavy atom. The molecule has 0 aliphatic carbocycles. The van der Waals surface area contributed by atoms with Gasteiger partial charge in [0.15, 0.2) is 0 Å². The normalized spacial score (nSPS) is 13.4. The molecule has 0 unspecified atom stereocenters. The van der Waals surface area contributed by atoms with Gasteiger partial charge in [-0.3, -0.25) is 9.59 Å². The quantitative estimate of drug-likeness (QED) is 0.737. The van der Waals surface area contributed by atoms with E-state index < -0.39 is 0 Å². The summed E-state index contributed by atoms with van der Waals surface area (Å²) in [5, 5.41) is 5.38. The van der Waals surface area contributed by atoms with Gasteiger partial charge in [0.05, 0.1) is 0 Å². The molecule has 0 aromatic heterocycles. The van der Waals surface area contributed by atoms with Crippen molar-refractivity contribution in [1.82, 2.24) is 5.32 Å². The Labute approximate surface area is 158 Å². The molecule has 2 N–H and O–H groups in total. The second-order valence-electron chi connectivity index (χ2n) is 6.66. The molecule has 2 aromatic rings. The third-order valence-electron chi connectivity index (χ3n) is 4.62. The maximum atomic E-state index is 13.5. The Hall–Kier alpha value is -2.89. The Bertz CT molecular complexity index is 786. The van der Waals surface area contributed by atoms with Crippen LogP contribution in [0.1, 0.15) is 24.8 Å². The highest BCUT2D eigenvalue weighted by atomic mass is 19.1. The summed E-state index contributed by atoms with van der Waals surface area (Å²) in [4.78, 5) is 26.2. The second-order valence-corrected chi connectivity index (χ2v) is 6.66. The Kier molecular flexibility index (Phi) is 6.41. The number of hydrogen-bond donors (Lipinski definition) is 2. The van der Waals surface area contributed by atoms with Crippen LogP contribution in [0, 0.1) is 5.82 Å². The molecular formula is C21H24FN3O2. The van der Waals surface area contributed by atoms with Gasteiger partial charge in [0.25, 0.3) is 0 Å². The molecular weight excluding hydrogens is 345 g/mol. The predicted molar refractivity (Wildman–Crippen MR) is 104 cm³/mol. The fourth-order valence-electron chi connectivity index (χ4n) is 3.18. The van der Waals surface area contributed by atoms with Gasteiger partial charge in [-0.1, -0.05) is 18.2 Å². The number of hydrogen-bond acceptors (Lipinski definition) is 3. The van der Waals surface area contributed by atoms with E-state index in [1.165, 1.54) is 18.9 Å². The molecule has 6 heteroatoms. The molecule has 0 saturated carbocycles. The molecule has 1 fully saturated rings. The summed E-state index contributed by atoms with van der Waals surface area (Å²) in [7, 11) is 0. The smallest absolute Gasteiger partial charge is 0.233 e. The lowest BCUT2D eigenvalue weighted by Gasteiger charge is -2.17. The number of carbonyl (C=O) groups excluding carboxylic acids is 2. The van der Waals surface area contributed by atoms with Gasteiger partial charge in [-0.2, -0.15) is 0 Å². The number of anilines is 2. The van der Waals surface area contributed by atoms with Crippen LogP contribution in [0.25, 0.3) is 0 Å². The lowest BCUT2D eigenvalue weighted by molar-refractivity contribution is -0.126. The van der Waals surface area contributed by atoms with Crippen molar-refractivity contribution >= 4 is 23.2 Å². The highest BCUT2D eigenvalue weighted by molar-refractivity contribution is 6.03. The number of benzene rings is 2. The molecule has 1 aliphatic heterocycles. The Balaban J connectivity index is 1.40. The zero-order valence-electron chi connectivity index (χ0n) is 15.2. The van der Waals surface area contributed by atoms with E-state index in [0.29, 0.717) is 17.7 Å². The minimum absolute atomic E-state index is 0.259.